The maximum absolute atomic E-state index is 12.1. The molecule has 10 heteroatoms. The number of para-hydroxylation sites is 2. The van der Waals surface area contributed by atoms with Crippen molar-refractivity contribution >= 4 is 37.9 Å². The lowest BCUT2D eigenvalue weighted by Crippen LogP contribution is -2.31. The van der Waals surface area contributed by atoms with Gasteiger partial charge in [-0.25, -0.2) is 4.79 Å². The van der Waals surface area contributed by atoms with Gasteiger partial charge in [0.2, 0.25) is 11.0 Å². The molecule has 0 saturated heterocycles. The van der Waals surface area contributed by atoms with Gasteiger partial charge in [-0.1, -0.05) is 24.3 Å². The van der Waals surface area contributed by atoms with Crippen molar-refractivity contribution in [2.24, 2.45) is 7.05 Å². The normalized spacial score (nSPS) is 11.8. The number of benzene rings is 2. The van der Waals surface area contributed by atoms with Gasteiger partial charge in [-0.15, -0.1) is 0 Å². The second-order valence-electron chi connectivity index (χ2n) is 5.38. The first-order valence-corrected chi connectivity index (χ1v) is 8.84. The van der Waals surface area contributed by atoms with Gasteiger partial charge in [-0.2, -0.15) is 26.2 Å². The number of carbonyl (C=O) groups is 1. The van der Waals surface area contributed by atoms with E-state index in [0.29, 0.717) is 5.56 Å². The maximum atomic E-state index is 12.1. The smallest absolute Gasteiger partial charge is 0.465 e. The molecular formula is C17H15F3NO5S+. The largest absolute Gasteiger partial charge is 0.522 e. The SMILES string of the molecule is COC(=O)c1c2ccccc2[n+](C)c2ccccc12.O=S(=O)(O)C(F)(F)F. The number of ether oxygens (including phenoxy) is 1. The first-order chi connectivity index (χ1) is 12.5. The fourth-order valence-electron chi connectivity index (χ4n) is 2.55. The van der Waals surface area contributed by atoms with E-state index in [2.05, 4.69) is 4.57 Å². The molecule has 3 rings (SSSR count). The van der Waals surface area contributed by atoms with Crippen LogP contribution in [-0.4, -0.2) is 31.6 Å². The number of fused-ring (bicyclic) bond motifs is 2. The average molecular weight is 402 g/mol. The molecule has 0 spiro atoms. The van der Waals surface area contributed by atoms with Crippen LogP contribution < -0.4 is 4.57 Å². The fraction of sp³-hybridized carbons (Fsp3) is 0.176. The second-order valence-corrected chi connectivity index (χ2v) is 6.79. The lowest BCUT2D eigenvalue weighted by Gasteiger charge is -2.08. The molecule has 0 saturated carbocycles. The zero-order valence-electron chi connectivity index (χ0n) is 14.2. The van der Waals surface area contributed by atoms with Gasteiger partial charge in [0.15, 0.2) is 0 Å². The van der Waals surface area contributed by atoms with Gasteiger partial charge >= 0.3 is 21.6 Å². The van der Waals surface area contributed by atoms with Crippen LogP contribution >= 0.6 is 0 Å². The molecule has 0 atom stereocenters. The van der Waals surface area contributed by atoms with Crippen LogP contribution in [0.25, 0.3) is 21.8 Å². The summed E-state index contributed by atoms with van der Waals surface area (Å²) in [6.07, 6.45) is 0. The molecule has 0 aliphatic carbocycles. The van der Waals surface area contributed by atoms with Crippen LogP contribution in [0.1, 0.15) is 10.4 Å². The number of carbonyl (C=O) groups excluding carboxylic acids is 1. The number of aromatic nitrogens is 1. The van der Waals surface area contributed by atoms with Crippen molar-refractivity contribution in [1.29, 1.82) is 0 Å². The summed E-state index contributed by atoms with van der Waals surface area (Å²) in [5, 5.41) is 1.83. The first-order valence-electron chi connectivity index (χ1n) is 7.40. The number of hydrogen-bond acceptors (Lipinski definition) is 4. The van der Waals surface area contributed by atoms with Crippen molar-refractivity contribution in [2.75, 3.05) is 7.11 Å². The Balaban J connectivity index is 0.000000279. The van der Waals surface area contributed by atoms with E-state index in [1.54, 1.807) is 0 Å². The third-order valence-corrected chi connectivity index (χ3v) is 4.34. The molecule has 0 amide bonds. The monoisotopic (exact) mass is 402 g/mol. The van der Waals surface area contributed by atoms with Crippen LogP contribution in [0.5, 0.6) is 0 Å². The van der Waals surface area contributed by atoms with Gasteiger partial charge in [-0.05, 0) is 12.1 Å². The minimum absolute atomic E-state index is 0.298. The predicted molar refractivity (Wildman–Crippen MR) is 91.6 cm³/mol. The number of aryl methyl sites for hydroxylation is 1. The number of alkyl halides is 3. The van der Waals surface area contributed by atoms with Crippen LogP contribution in [0.15, 0.2) is 48.5 Å². The Hall–Kier alpha value is -2.72. The van der Waals surface area contributed by atoms with Crippen molar-refractivity contribution in [1.82, 2.24) is 0 Å². The third-order valence-electron chi connectivity index (χ3n) is 3.75. The maximum Gasteiger partial charge on any atom is 0.522 e. The Labute approximate surface area is 152 Å². The second kappa shape index (κ2) is 7.49. The van der Waals surface area contributed by atoms with Crippen LogP contribution in [0.4, 0.5) is 13.2 Å². The Morgan fingerprint density at radius 2 is 1.37 bits per heavy atom. The van der Waals surface area contributed by atoms with E-state index in [-0.39, 0.29) is 5.97 Å². The molecule has 0 radical (unpaired) electrons. The number of halogens is 3. The van der Waals surface area contributed by atoms with E-state index in [1.165, 1.54) is 7.11 Å². The highest BCUT2D eigenvalue weighted by molar-refractivity contribution is 7.86. The number of methoxy groups -OCH3 is 1. The highest BCUT2D eigenvalue weighted by atomic mass is 32.2. The third kappa shape index (κ3) is 4.17. The van der Waals surface area contributed by atoms with Gasteiger partial charge < -0.3 is 4.74 Å². The van der Waals surface area contributed by atoms with E-state index >= 15 is 0 Å². The summed E-state index contributed by atoms with van der Waals surface area (Å²) in [4.78, 5) is 12.1. The number of esters is 1. The van der Waals surface area contributed by atoms with Gasteiger partial charge in [0, 0.05) is 12.1 Å². The van der Waals surface area contributed by atoms with Crippen LogP contribution in [0, 0.1) is 0 Å². The molecule has 0 aliphatic rings. The number of pyridine rings is 1. The Morgan fingerprint density at radius 3 is 1.70 bits per heavy atom. The summed E-state index contributed by atoms with van der Waals surface area (Å²) >= 11 is 0. The van der Waals surface area contributed by atoms with E-state index in [0.717, 1.165) is 21.8 Å². The minimum Gasteiger partial charge on any atom is -0.465 e. The summed E-state index contributed by atoms with van der Waals surface area (Å²) < 4.78 is 64.6. The average Bonchev–Trinajstić information content (AvgIpc) is 2.60. The van der Waals surface area contributed by atoms with Crippen molar-refractivity contribution in [3.05, 3.63) is 54.1 Å². The molecular weight excluding hydrogens is 387 g/mol. The number of hydrogen-bond donors (Lipinski definition) is 1. The summed E-state index contributed by atoms with van der Waals surface area (Å²) in [6, 6.07) is 15.7. The van der Waals surface area contributed by atoms with Crippen molar-refractivity contribution in [3.8, 4) is 0 Å². The topological polar surface area (TPSA) is 84.5 Å². The highest BCUT2D eigenvalue weighted by Gasteiger charge is 2.44. The minimum atomic E-state index is -5.84. The summed E-state index contributed by atoms with van der Waals surface area (Å²) in [7, 11) is -2.42. The lowest BCUT2D eigenvalue weighted by atomic mass is 10.0. The predicted octanol–water partition coefficient (Wildman–Crippen LogP) is 3.00. The quantitative estimate of drug-likeness (QED) is 0.222. The van der Waals surface area contributed by atoms with Crippen molar-refractivity contribution < 1.29 is 40.2 Å². The fourth-order valence-corrected chi connectivity index (χ4v) is 2.55. The van der Waals surface area contributed by atoms with E-state index in [1.807, 2.05) is 55.6 Å². The molecule has 0 fully saturated rings. The van der Waals surface area contributed by atoms with Gasteiger partial charge in [0.05, 0.1) is 23.4 Å². The zero-order chi connectivity index (χ0) is 20.4. The van der Waals surface area contributed by atoms with E-state index in [4.69, 9.17) is 17.7 Å². The molecule has 2 aromatic carbocycles. The zero-order valence-corrected chi connectivity index (χ0v) is 15.0. The lowest BCUT2D eigenvalue weighted by molar-refractivity contribution is -0.617. The molecule has 0 unspecified atom stereocenters. The molecule has 0 bridgehead atoms. The van der Waals surface area contributed by atoms with Crippen LogP contribution in [-0.2, 0) is 21.9 Å². The Kier molecular flexibility index (Phi) is 5.71. The summed E-state index contributed by atoms with van der Waals surface area (Å²) in [5.41, 5.74) is -2.87. The molecule has 3 aromatic rings. The molecule has 27 heavy (non-hydrogen) atoms. The van der Waals surface area contributed by atoms with E-state index < -0.39 is 15.6 Å². The Morgan fingerprint density at radius 1 is 1.00 bits per heavy atom. The van der Waals surface area contributed by atoms with Gasteiger partial charge in [0.25, 0.3) is 0 Å². The summed E-state index contributed by atoms with van der Waals surface area (Å²) in [5.74, 6) is -0.298. The number of nitrogens with zero attached hydrogens (tertiary/aromatic N) is 1. The molecule has 0 aliphatic heterocycles. The van der Waals surface area contributed by atoms with Crippen molar-refractivity contribution in [2.45, 2.75) is 5.51 Å². The van der Waals surface area contributed by atoms with Crippen LogP contribution in [0.2, 0.25) is 0 Å². The van der Waals surface area contributed by atoms with Crippen molar-refractivity contribution in [3.63, 3.8) is 0 Å². The highest BCUT2D eigenvalue weighted by Crippen LogP contribution is 2.25. The summed E-state index contributed by atoms with van der Waals surface area (Å²) in [6.45, 7) is 0. The molecule has 144 valence electrons. The Bertz CT molecular complexity index is 1050. The molecule has 1 aromatic heterocycles. The standard InChI is InChI=1S/C16H14NO2.CHF3O3S/c1-17-13-9-5-3-7-11(13)15(16(18)19-2)12-8-4-6-10-14(12)17;2-1(3,4)8(5,6)7/h3-10H,1-2H3;(H,5,6,7)/q+1;. The van der Waals surface area contributed by atoms with Gasteiger partial charge in [-0.3, -0.25) is 4.55 Å². The first kappa shape index (κ1) is 20.6. The van der Waals surface area contributed by atoms with Gasteiger partial charge in [0.1, 0.15) is 7.05 Å². The molecule has 1 heterocycles. The van der Waals surface area contributed by atoms with E-state index in [9.17, 15) is 18.0 Å². The van der Waals surface area contributed by atoms with Crippen LogP contribution in [0.3, 0.4) is 0 Å². The number of rotatable bonds is 1. The molecule has 6 nitrogen and oxygen atoms in total. The molecule has 1 N–H and O–H groups in total.